The Kier molecular flexibility index (Phi) is 4.13. The van der Waals surface area contributed by atoms with Crippen LogP contribution < -0.4 is 4.90 Å². The van der Waals surface area contributed by atoms with Gasteiger partial charge in [0.05, 0.1) is 18.3 Å². The number of aromatic hydroxyl groups is 1. The van der Waals surface area contributed by atoms with Gasteiger partial charge in [-0.05, 0) is 32.2 Å². The first kappa shape index (κ1) is 16.6. The fourth-order valence-corrected chi connectivity index (χ4v) is 3.04. The molecule has 0 saturated carbocycles. The maximum atomic E-state index is 12.7. The second-order valence-corrected chi connectivity index (χ2v) is 7.10. The maximum Gasteiger partial charge on any atom is 0.414 e. The fraction of sp³-hybridized carbons (Fsp3) is 0.421. The summed E-state index contributed by atoms with van der Waals surface area (Å²) in [6.45, 7) is 5.90. The Labute approximate surface area is 141 Å². The molecule has 128 valence electrons. The average Bonchev–Trinajstić information content (AvgIpc) is 2.53. The number of amides is 1. The van der Waals surface area contributed by atoms with Crippen LogP contribution >= 0.6 is 0 Å². The largest absolute Gasteiger partial charge is 0.507 e. The number of fused-ring (bicyclic) bond motifs is 2. The summed E-state index contributed by atoms with van der Waals surface area (Å²) in [4.78, 5) is 14.2. The Balaban J connectivity index is 2.12. The van der Waals surface area contributed by atoms with Crippen molar-refractivity contribution in [3.05, 3.63) is 35.9 Å². The fourth-order valence-electron chi connectivity index (χ4n) is 3.04. The number of hydrogen-bond donors (Lipinski definition) is 1. The van der Waals surface area contributed by atoms with E-state index in [1.165, 1.54) is 0 Å². The van der Waals surface area contributed by atoms with Gasteiger partial charge in [0.15, 0.2) is 0 Å². The number of phenolic OH excluding ortho intramolecular Hbond substituents is 1. The summed E-state index contributed by atoms with van der Waals surface area (Å²) in [7, 11) is 1.61. The Morgan fingerprint density at radius 1 is 1.29 bits per heavy atom. The van der Waals surface area contributed by atoms with Gasteiger partial charge >= 0.3 is 6.09 Å². The molecule has 3 rings (SSSR count). The van der Waals surface area contributed by atoms with Gasteiger partial charge in [-0.25, -0.2) is 4.79 Å². The van der Waals surface area contributed by atoms with E-state index in [4.69, 9.17) is 9.47 Å². The SMILES string of the molecule is CO[C@H]1Cc2c(cc3ccccc3c2O)N(C(=O)OC(C)(C)C)C1. The number of carbonyl (C=O) groups is 1. The smallest absolute Gasteiger partial charge is 0.414 e. The Hall–Kier alpha value is -2.27. The molecule has 1 heterocycles. The lowest BCUT2D eigenvalue weighted by atomic mass is 9.94. The summed E-state index contributed by atoms with van der Waals surface area (Å²) < 4.78 is 11.0. The van der Waals surface area contributed by atoms with Crippen LogP contribution in [0.4, 0.5) is 10.5 Å². The minimum absolute atomic E-state index is 0.183. The topological polar surface area (TPSA) is 59.0 Å². The van der Waals surface area contributed by atoms with Crippen LogP contribution in [0.3, 0.4) is 0 Å². The number of ether oxygens (including phenoxy) is 2. The highest BCUT2D eigenvalue weighted by Crippen LogP contribution is 2.40. The van der Waals surface area contributed by atoms with Gasteiger partial charge in [0, 0.05) is 24.5 Å². The van der Waals surface area contributed by atoms with Gasteiger partial charge in [0.25, 0.3) is 0 Å². The van der Waals surface area contributed by atoms with E-state index in [2.05, 4.69) is 0 Å². The summed E-state index contributed by atoms with van der Waals surface area (Å²) in [5, 5.41) is 12.4. The lowest BCUT2D eigenvalue weighted by Gasteiger charge is -2.35. The number of carbonyl (C=O) groups excluding carboxylic acids is 1. The van der Waals surface area contributed by atoms with Crippen LogP contribution in [0.15, 0.2) is 30.3 Å². The highest BCUT2D eigenvalue weighted by atomic mass is 16.6. The highest BCUT2D eigenvalue weighted by molar-refractivity contribution is 5.98. The molecule has 24 heavy (non-hydrogen) atoms. The second kappa shape index (κ2) is 5.98. The van der Waals surface area contributed by atoms with E-state index in [1.54, 1.807) is 12.0 Å². The van der Waals surface area contributed by atoms with Crippen molar-refractivity contribution in [1.82, 2.24) is 0 Å². The zero-order valence-corrected chi connectivity index (χ0v) is 14.5. The van der Waals surface area contributed by atoms with E-state index in [0.717, 1.165) is 16.3 Å². The van der Waals surface area contributed by atoms with Crippen molar-refractivity contribution in [1.29, 1.82) is 0 Å². The average molecular weight is 329 g/mol. The van der Waals surface area contributed by atoms with Crippen molar-refractivity contribution in [2.75, 3.05) is 18.6 Å². The number of hydrogen-bond acceptors (Lipinski definition) is 4. The van der Waals surface area contributed by atoms with E-state index in [0.29, 0.717) is 18.7 Å². The minimum Gasteiger partial charge on any atom is -0.507 e. The van der Waals surface area contributed by atoms with Gasteiger partial charge in [0.1, 0.15) is 11.4 Å². The quantitative estimate of drug-likeness (QED) is 0.863. The number of phenols is 1. The highest BCUT2D eigenvalue weighted by Gasteiger charge is 2.33. The van der Waals surface area contributed by atoms with E-state index in [-0.39, 0.29) is 11.9 Å². The van der Waals surface area contributed by atoms with Crippen LogP contribution in [0.2, 0.25) is 0 Å². The van der Waals surface area contributed by atoms with Gasteiger partial charge < -0.3 is 14.6 Å². The number of anilines is 1. The number of nitrogens with zero attached hydrogens (tertiary/aromatic N) is 1. The molecular weight excluding hydrogens is 306 g/mol. The molecule has 1 amide bonds. The molecule has 0 radical (unpaired) electrons. The van der Waals surface area contributed by atoms with Crippen molar-refractivity contribution in [2.24, 2.45) is 0 Å². The molecule has 5 heteroatoms. The third kappa shape index (κ3) is 3.04. The molecule has 1 N–H and O–H groups in total. The predicted molar refractivity (Wildman–Crippen MR) is 93.7 cm³/mol. The van der Waals surface area contributed by atoms with Crippen LogP contribution in [0.25, 0.3) is 10.8 Å². The molecule has 0 saturated heterocycles. The van der Waals surface area contributed by atoms with Gasteiger partial charge in [-0.3, -0.25) is 4.90 Å². The molecule has 2 aromatic rings. The molecule has 1 atom stereocenters. The molecular formula is C19H23NO4. The number of methoxy groups -OCH3 is 1. The number of rotatable bonds is 1. The molecule has 0 aromatic heterocycles. The predicted octanol–water partition coefficient (Wildman–Crippen LogP) is 3.86. The molecule has 0 fully saturated rings. The molecule has 5 nitrogen and oxygen atoms in total. The van der Waals surface area contributed by atoms with Crippen molar-refractivity contribution < 1.29 is 19.4 Å². The molecule has 1 aliphatic rings. The molecule has 0 aliphatic carbocycles. The summed E-state index contributed by atoms with van der Waals surface area (Å²) in [6.07, 6.45) is -0.0563. The molecule has 2 aromatic carbocycles. The van der Waals surface area contributed by atoms with Gasteiger partial charge in [0.2, 0.25) is 0 Å². The monoisotopic (exact) mass is 329 g/mol. The summed E-state index contributed by atoms with van der Waals surface area (Å²) in [5.74, 6) is 0.207. The number of benzene rings is 2. The van der Waals surface area contributed by atoms with Crippen molar-refractivity contribution in [3.8, 4) is 5.75 Å². The van der Waals surface area contributed by atoms with Gasteiger partial charge in [-0.2, -0.15) is 0 Å². The maximum absolute atomic E-state index is 12.7. The van der Waals surface area contributed by atoms with E-state index in [9.17, 15) is 9.90 Å². The Morgan fingerprint density at radius 3 is 2.67 bits per heavy atom. The second-order valence-electron chi connectivity index (χ2n) is 7.10. The van der Waals surface area contributed by atoms with Crippen molar-refractivity contribution in [3.63, 3.8) is 0 Å². The first-order valence-electron chi connectivity index (χ1n) is 8.07. The van der Waals surface area contributed by atoms with Crippen molar-refractivity contribution >= 4 is 22.6 Å². The van der Waals surface area contributed by atoms with Crippen LogP contribution in [-0.4, -0.2) is 36.6 Å². The van der Waals surface area contributed by atoms with Gasteiger partial charge in [-0.1, -0.05) is 24.3 Å². The van der Waals surface area contributed by atoms with Crippen LogP contribution in [0, 0.1) is 0 Å². The van der Waals surface area contributed by atoms with Crippen LogP contribution in [-0.2, 0) is 15.9 Å². The van der Waals surface area contributed by atoms with Crippen LogP contribution in [0.5, 0.6) is 5.75 Å². The Bertz CT molecular complexity index is 779. The summed E-state index contributed by atoms with van der Waals surface area (Å²) in [6, 6.07) is 9.52. The van der Waals surface area contributed by atoms with Crippen molar-refractivity contribution in [2.45, 2.75) is 38.9 Å². The summed E-state index contributed by atoms with van der Waals surface area (Å²) in [5.41, 5.74) is 0.822. The molecule has 0 bridgehead atoms. The zero-order chi connectivity index (χ0) is 17.5. The standard InChI is InChI=1S/C19H23NO4/c1-19(2,3)24-18(22)20-11-13(23-4)10-15-16(20)9-12-7-5-6-8-14(12)17(15)21/h5-9,13,21H,10-11H2,1-4H3/t13-/m0/s1. The zero-order valence-electron chi connectivity index (χ0n) is 14.5. The minimum atomic E-state index is -0.587. The van der Waals surface area contributed by atoms with Gasteiger partial charge in [-0.15, -0.1) is 0 Å². The first-order valence-corrected chi connectivity index (χ1v) is 8.07. The summed E-state index contributed by atoms with van der Waals surface area (Å²) >= 11 is 0. The Morgan fingerprint density at radius 2 is 2.00 bits per heavy atom. The van der Waals surface area contributed by atoms with E-state index < -0.39 is 11.7 Å². The van der Waals surface area contributed by atoms with E-state index in [1.807, 2.05) is 51.1 Å². The third-order valence-corrected chi connectivity index (χ3v) is 4.16. The van der Waals surface area contributed by atoms with Crippen LogP contribution in [0.1, 0.15) is 26.3 Å². The molecule has 0 unspecified atom stereocenters. The van der Waals surface area contributed by atoms with E-state index >= 15 is 0 Å². The lowest BCUT2D eigenvalue weighted by molar-refractivity contribution is 0.0516. The first-order chi connectivity index (χ1) is 11.3. The normalized spacial score (nSPS) is 17.7. The third-order valence-electron chi connectivity index (χ3n) is 4.16. The lowest BCUT2D eigenvalue weighted by Crippen LogP contribution is -2.45. The molecule has 1 aliphatic heterocycles. The molecule has 0 spiro atoms.